The van der Waals surface area contributed by atoms with Crippen LogP contribution < -0.4 is 9.46 Å². The second kappa shape index (κ2) is 6.98. The van der Waals surface area contributed by atoms with E-state index in [0.717, 1.165) is 4.47 Å². The van der Waals surface area contributed by atoms with Crippen LogP contribution in [0.5, 0.6) is 5.75 Å². The Morgan fingerprint density at radius 2 is 2.06 bits per heavy atom. The molecule has 1 N–H and O–H groups in total. The lowest BCUT2D eigenvalue weighted by molar-refractivity contribution is 0.321. The quantitative estimate of drug-likeness (QED) is 0.783. The maximum absolute atomic E-state index is 11.3. The van der Waals surface area contributed by atoms with Crippen LogP contribution in [0.4, 0.5) is 0 Å². The van der Waals surface area contributed by atoms with Gasteiger partial charge in [0.05, 0.1) is 10.2 Å². The number of ether oxygens (including phenoxy) is 1. The van der Waals surface area contributed by atoms with E-state index in [4.69, 9.17) is 4.74 Å². The van der Waals surface area contributed by atoms with E-state index in [9.17, 15) is 8.42 Å². The van der Waals surface area contributed by atoms with Gasteiger partial charge in [0.1, 0.15) is 12.4 Å². The molecule has 17 heavy (non-hydrogen) atoms. The van der Waals surface area contributed by atoms with Crippen LogP contribution in [-0.4, -0.2) is 27.3 Å². The molecule has 0 radical (unpaired) electrons. The molecule has 0 aliphatic carbocycles. The Labute approximate surface area is 111 Å². The molecule has 0 saturated heterocycles. The normalized spacial score (nSPS) is 11.4. The van der Waals surface area contributed by atoms with E-state index in [1.165, 1.54) is 0 Å². The van der Waals surface area contributed by atoms with Gasteiger partial charge in [-0.25, -0.2) is 13.1 Å². The second-order valence-electron chi connectivity index (χ2n) is 3.49. The van der Waals surface area contributed by atoms with Crippen molar-refractivity contribution in [1.29, 1.82) is 0 Å². The van der Waals surface area contributed by atoms with Crippen molar-refractivity contribution in [3.8, 4) is 5.75 Å². The summed E-state index contributed by atoms with van der Waals surface area (Å²) in [5.74, 6) is 0.865. The number of rotatable bonds is 7. The van der Waals surface area contributed by atoms with Crippen LogP contribution in [-0.2, 0) is 10.0 Å². The van der Waals surface area contributed by atoms with Crippen LogP contribution in [0, 0.1) is 0 Å². The van der Waals surface area contributed by atoms with Crippen LogP contribution in [0.25, 0.3) is 0 Å². The summed E-state index contributed by atoms with van der Waals surface area (Å²) in [4.78, 5) is 0. The third-order valence-electron chi connectivity index (χ3n) is 1.99. The molecule has 0 atom stereocenters. The van der Waals surface area contributed by atoms with Gasteiger partial charge in [-0.3, -0.25) is 0 Å². The highest BCUT2D eigenvalue weighted by molar-refractivity contribution is 9.10. The van der Waals surface area contributed by atoms with Gasteiger partial charge in [0.25, 0.3) is 0 Å². The fourth-order valence-electron chi connectivity index (χ4n) is 1.26. The minimum absolute atomic E-state index is 0.155. The van der Waals surface area contributed by atoms with Crippen molar-refractivity contribution in [3.63, 3.8) is 0 Å². The molecule has 4 nitrogen and oxygen atoms in total. The van der Waals surface area contributed by atoms with Crippen molar-refractivity contribution in [2.75, 3.05) is 18.9 Å². The zero-order chi connectivity index (χ0) is 12.7. The summed E-state index contributed by atoms with van der Waals surface area (Å²) >= 11 is 3.35. The third kappa shape index (κ3) is 5.52. The maximum atomic E-state index is 11.3. The highest BCUT2D eigenvalue weighted by Crippen LogP contribution is 2.23. The van der Waals surface area contributed by atoms with E-state index < -0.39 is 10.0 Å². The van der Waals surface area contributed by atoms with Gasteiger partial charge in [-0.2, -0.15) is 0 Å². The molecule has 0 amide bonds. The van der Waals surface area contributed by atoms with Crippen LogP contribution in [0.3, 0.4) is 0 Å². The van der Waals surface area contributed by atoms with Crippen LogP contribution >= 0.6 is 15.9 Å². The molecular formula is C11H16BrNO3S. The molecule has 1 aromatic rings. The van der Waals surface area contributed by atoms with Crippen LogP contribution in [0.15, 0.2) is 28.7 Å². The van der Waals surface area contributed by atoms with Crippen LogP contribution in [0.1, 0.15) is 13.3 Å². The molecule has 0 aliphatic heterocycles. The van der Waals surface area contributed by atoms with Gasteiger partial charge in [-0.15, -0.1) is 0 Å². The summed E-state index contributed by atoms with van der Waals surface area (Å²) in [6.45, 7) is 2.42. The molecule has 1 rings (SSSR count). The summed E-state index contributed by atoms with van der Waals surface area (Å²) in [6.07, 6.45) is 0.612. The molecule has 96 valence electrons. The van der Waals surface area contributed by atoms with Crippen molar-refractivity contribution in [2.24, 2.45) is 0 Å². The molecule has 0 unspecified atom stereocenters. The SMILES string of the molecule is CCCS(=O)(=O)NCCOc1ccccc1Br. The van der Waals surface area contributed by atoms with E-state index in [0.29, 0.717) is 18.8 Å². The molecule has 0 fully saturated rings. The lowest BCUT2D eigenvalue weighted by Gasteiger charge is -2.09. The van der Waals surface area contributed by atoms with Gasteiger partial charge >= 0.3 is 0 Å². The molecular weight excluding hydrogens is 306 g/mol. The predicted octanol–water partition coefficient (Wildman–Crippen LogP) is 2.16. The zero-order valence-electron chi connectivity index (χ0n) is 9.65. The van der Waals surface area contributed by atoms with Gasteiger partial charge in [0, 0.05) is 6.54 Å². The number of para-hydroxylation sites is 1. The molecule has 0 saturated carbocycles. The van der Waals surface area contributed by atoms with E-state index in [-0.39, 0.29) is 12.3 Å². The smallest absolute Gasteiger partial charge is 0.211 e. The fourth-order valence-corrected chi connectivity index (χ4v) is 2.74. The number of hydrogen-bond donors (Lipinski definition) is 1. The Bertz CT molecular complexity index is 448. The predicted molar refractivity (Wildman–Crippen MR) is 71.7 cm³/mol. The molecule has 0 bridgehead atoms. The summed E-state index contributed by atoms with van der Waals surface area (Å²) in [5, 5.41) is 0. The number of sulfonamides is 1. The molecule has 6 heteroatoms. The van der Waals surface area contributed by atoms with E-state index in [1.54, 1.807) is 0 Å². The standard InChI is InChI=1S/C11H16BrNO3S/c1-2-9-17(14,15)13-7-8-16-11-6-4-3-5-10(11)12/h3-6,13H,2,7-9H2,1H3. The van der Waals surface area contributed by atoms with Crippen LogP contribution in [0.2, 0.25) is 0 Å². The Balaban J connectivity index is 2.32. The Morgan fingerprint density at radius 3 is 2.71 bits per heavy atom. The number of benzene rings is 1. The monoisotopic (exact) mass is 321 g/mol. The van der Waals surface area contributed by atoms with Crippen molar-refractivity contribution < 1.29 is 13.2 Å². The van der Waals surface area contributed by atoms with Gasteiger partial charge in [-0.05, 0) is 34.5 Å². The lowest BCUT2D eigenvalue weighted by atomic mass is 10.3. The van der Waals surface area contributed by atoms with Gasteiger partial charge in [0.2, 0.25) is 10.0 Å². The first-order valence-corrected chi connectivity index (χ1v) is 7.84. The van der Waals surface area contributed by atoms with Gasteiger partial charge < -0.3 is 4.74 Å². The van der Waals surface area contributed by atoms with Crippen molar-refractivity contribution >= 4 is 26.0 Å². The van der Waals surface area contributed by atoms with E-state index in [2.05, 4.69) is 20.7 Å². The summed E-state index contributed by atoms with van der Waals surface area (Å²) < 4.78 is 31.4. The molecule has 0 aromatic heterocycles. The average molecular weight is 322 g/mol. The largest absolute Gasteiger partial charge is 0.491 e. The number of hydrogen-bond acceptors (Lipinski definition) is 3. The zero-order valence-corrected chi connectivity index (χ0v) is 12.1. The molecule has 0 spiro atoms. The second-order valence-corrected chi connectivity index (χ2v) is 6.27. The average Bonchev–Trinajstić information content (AvgIpc) is 2.26. The first-order chi connectivity index (χ1) is 8.05. The summed E-state index contributed by atoms with van der Waals surface area (Å²) in [7, 11) is -3.14. The number of nitrogens with one attached hydrogen (secondary N) is 1. The topological polar surface area (TPSA) is 55.4 Å². The number of halogens is 1. The van der Waals surface area contributed by atoms with Crippen molar-refractivity contribution in [1.82, 2.24) is 4.72 Å². The minimum atomic E-state index is -3.14. The highest BCUT2D eigenvalue weighted by Gasteiger charge is 2.07. The first kappa shape index (κ1) is 14.5. The Morgan fingerprint density at radius 1 is 1.35 bits per heavy atom. The summed E-state index contributed by atoms with van der Waals surface area (Å²) in [6, 6.07) is 7.45. The van der Waals surface area contributed by atoms with E-state index >= 15 is 0 Å². The maximum Gasteiger partial charge on any atom is 0.211 e. The van der Waals surface area contributed by atoms with E-state index in [1.807, 2.05) is 31.2 Å². The molecule has 1 aromatic carbocycles. The molecule has 0 heterocycles. The molecule has 0 aliphatic rings. The summed E-state index contributed by atoms with van der Waals surface area (Å²) in [5.41, 5.74) is 0. The fraction of sp³-hybridized carbons (Fsp3) is 0.455. The minimum Gasteiger partial charge on any atom is -0.491 e. The lowest BCUT2D eigenvalue weighted by Crippen LogP contribution is -2.30. The Kier molecular flexibility index (Phi) is 5.94. The third-order valence-corrected chi connectivity index (χ3v) is 4.24. The van der Waals surface area contributed by atoms with Crippen molar-refractivity contribution in [2.45, 2.75) is 13.3 Å². The highest BCUT2D eigenvalue weighted by atomic mass is 79.9. The first-order valence-electron chi connectivity index (χ1n) is 5.40. The van der Waals surface area contributed by atoms with Crippen molar-refractivity contribution in [3.05, 3.63) is 28.7 Å². The Hall–Kier alpha value is -0.590. The van der Waals surface area contributed by atoms with Gasteiger partial charge in [0.15, 0.2) is 0 Å². The van der Waals surface area contributed by atoms with Gasteiger partial charge in [-0.1, -0.05) is 19.1 Å².